The Kier molecular flexibility index (Phi) is 4.47. The summed E-state index contributed by atoms with van der Waals surface area (Å²) in [6.45, 7) is 3.81. The van der Waals surface area contributed by atoms with Gasteiger partial charge < -0.3 is 10.0 Å². The highest BCUT2D eigenvalue weighted by Crippen LogP contribution is 2.25. The van der Waals surface area contributed by atoms with E-state index in [1.54, 1.807) is 0 Å². The minimum Gasteiger partial charge on any atom is -0.481 e. The van der Waals surface area contributed by atoms with Crippen molar-refractivity contribution in [2.75, 3.05) is 25.0 Å². The Balaban J connectivity index is 2.22. The summed E-state index contributed by atoms with van der Waals surface area (Å²) in [5.74, 6) is -0.741. The molecular weight excluding hydrogens is 308 g/mol. The molecular formula is C14H19BrN2O2. The number of hydrogen-bond donors (Lipinski definition) is 1. The first kappa shape index (κ1) is 14.3. The van der Waals surface area contributed by atoms with Gasteiger partial charge in [-0.15, -0.1) is 0 Å². The number of carbonyl (C=O) groups is 1. The molecule has 0 aromatic heterocycles. The molecule has 2 rings (SSSR count). The third-order valence-electron chi connectivity index (χ3n) is 3.72. The molecule has 0 amide bonds. The number of carboxylic acid groups (broad SMARTS) is 1. The van der Waals surface area contributed by atoms with Crippen molar-refractivity contribution in [3.63, 3.8) is 0 Å². The van der Waals surface area contributed by atoms with Crippen LogP contribution >= 0.6 is 15.9 Å². The normalized spacial score (nSPS) is 24.5. The van der Waals surface area contributed by atoms with Crippen molar-refractivity contribution < 1.29 is 9.90 Å². The summed E-state index contributed by atoms with van der Waals surface area (Å²) < 4.78 is 1.04. The van der Waals surface area contributed by atoms with Crippen LogP contribution in [0.2, 0.25) is 0 Å². The third-order valence-corrected chi connectivity index (χ3v) is 4.25. The predicted octanol–water partition coefficient (Wildman–Crippen LogP) is 2.43. The molecule has 0 saturated carbocycles. The Morgan fingerprint density at radius 2 is 2.00 bits per heavy atom. The number of hydrogen-bond acceptors (Lipinski definition) is 3. The lowest BCUT2D eigenvalue weighted by Crippen LogP contribution is -2.56. The first-order valence-electron chi connectivity index (χ1n) is 6.41. The summed E-state index contributed by atoms with van der Waals surface area (Å²) in [6.07, 6.45) is 0.174. The van der Waals surface area contributed by atoms with E-state index < -0.39 is 5.97 Å². The zero-order chi connectivity index (χ0) is 14.0. The van der Waals surface area contributed by atoms with Gasteiger partial charge in [-0.25, -0.2) is 0 Å². The zero-order valence-electron chi connectivity index (χ0n) is 11.2. The Bertz CT molecular complexity index is 449. The lowest BCUT2D eigenvalue weighted by Gasteiger charge is -2.44. The van der Waals surface area contributed by atoms with E-state index in [2.05, 4.69) is 39.7 Å². The molecule has 1 fully saturated rings. The Morgan fingerprint density at radius 3 is 2.58 bits per heavy atom. The van der Waals surface area contributed by atoms with Crippen LogP contribution in [0.1, 0.15) is 13.3 Å². The van der Waals surface area contributed by atoms with Gasteiger partial charge in [-0.3, -0.25) is 9.69 Å². The van der Waals surface area contributed by atoms with E-state index in [1.165, 1.54) is 0 Å². The van der Waals surface area contributed by atoms with Crippen LogP contribution in [0.15, 0.2) is 28.7 Å². The van der Waals surface area contributed by atoms with E-state index in [9.17, 15) is 4.79 Å². The van der Waals surface area contributed by atoms with Gasteiger partial charge in [0.15, 0.2) is 0 Å². The molecule has 19 heavy (non-hydrogen) atoms. The minimum absolute atomic E-state index is 0.0277. The quantitative estimate of drug-likeness (QED) is 0.926. The first-order chi connectivity index (χ1) is 8.97. The Hall–Kier alpha value is -1.07. The van der Waals surface area contributed by atoms with Crippen molar-refractivity contribution in [1.29, 1.82) is 0 Å². The number of likely N-dealkylation sites (N-methyl/N-ethyl adjacent to an activating group) is 1. The lowest BCUT2D eigenvalue weighted by atomic mass is 10.0. The summed E-state index contributed by atoms with van der Waals surface area (Å²) in [5, 5.41) is 9.07. The van der Waals surface area contributed by atoms with Gasteiger partial charge >= 0.3 is 5.97 Å². The van der Waals surface area contributed by atoms with Crippen LogP contribution in [-0.2, 0) is 4.79 Å². The molecule has 2 atom stereocenters. The van der Waals surface area contributed by atoms with Gasteiger partial charge in [0, 0.05) is 29.3 Å². The standard InChI is InChI=1S/C14H19BrN2O2/c1-10-8-17(12-5-3-11(15)4-6-12)13(7-14(18)19)9-16(10)2/h3-6,10,13H,7-9H2,1-2H3,(H,18,19). The van der Waals surface area contributed by atoms with Crippen molar-refractivity contribution in [2.45, 2.75) is 25.4 Å². The molecule has 0 spiro atoms. The van der Waals surface area contributed by atoms with Gasteiger partial charge in [0.25, 0.3) is 0 Å². The number of halogens is 1. The average molecular weight is 327 g/mol. The van der Waals surface area contributed by atoms with Crippen LogP contribution in [0.25, 0.3) is 0 Å². The first-order valence-corrected chi connectivity index (χ1v) is 7.21. The molecule has 5 heteroatoms. The maximum Gasteiger partial charge on any atom is 0.305 e. The number of nitrogens with zero attached hydrogens (tertiary/aromatic N) is 2. The van der Waals surface area contributed by atoms with Gasteiger partial charge in [-0.05, 0) is 38.2 Å². The summed E-state index contributed by atoms with van der Waals surface area (Å²) >= 11 is 3.43. The molecule has 0 bridgehead atoms. The van der Waals surface area contributed by atoms with Crippen LogP contribution in [0.5, 0.6) is 0 Å². The van der Waals surface area contributed by atoms with Crippen LogP contribution in [-0.4, -0.2) is 48.2 Å². The minimum atomic E-state index is -0.741. The molecule has 104 valence electrons. The second kappa shape index (κ2) is 5.92. The number of aliphatic carboxylic acids is 1. The number of benzene rings is 1. The number of rotatable bonds is 3. The highest BCUT2D eigenvalue weighted by atomic mass is 79.9. The molecule has 0 aliphatic carbocycles. The smallest absolute Gasteiger partial charge is 0.305 e. The van der Waals surface area contributed by atoms with E-state index in [4.69, 9.17) is 5.11 Å². The second-order valence-corrected chi connectivity index (χ2v) is 6.08. The van der Waals surface area contributed by atoms with Gasteiger partial charge in [-0.2, -0.15) is 0 Å². The van der Waals surface area contributed by atoms with Crippen LogP contribution in [0, 0.1) is 0 Å². The van der Waals surface area contributed by atoms with Gasteiger partial charge in [0.05, 0.1) is 12.5 Å². The highest BCUT2D eigenvalue weighted by molar-refractivity contribution is 9.10. The zero-order valence-corrected chi connectivity index (χ0v) is 12.8. The van der Waals surface area contributed by atoms with E-state index in [1.807, 2.05) is 24.3 Å². The molecule has 4 nitrogen and oxygen atoms in total. The fourth-order valence-electron chi connectivity index (χ4n) is 2.51. The van der Waals surface area contributed by atoms with Gasteiger partial charge in [-0.1, -0.05) is 15.9 Å². The highest BCUT2D eigenvalue weighted by Gasteiger charge is 2.31. The summed E-state index contributed by atoms with van der Waals surface area (Å²) in [6, 6.07) is 8.52. The van der Waals surface area contributed by atoms with Crippen molar-refractivity contribution >= 4 is 27.6 Å². The Morgan fingerprint density at radius 1 is 1.37 bits per heavy atom. The number of piperazine rings is 1. The van der Waals surface area contributed by atoms with Crippen LogP contribution in [0.3, 0.4) is 0 Å². The molecule has 1 saturated heterocycles. The second-order valence-electron chi connectivity index (χ2n) is 5.17. The SMILES string of the molecule is CC1CN(c2ccc(Br)cc2)C(CC(=O)O)CN1C. The van der Waals surface area contributed by atoms with Crippen molar-refractivity contribution in [3.8, 4) is 0 Å². The monoisotopic (exact) mass is 326 g/mol. The molecule has 1 aliphatic heterocycles. The van der Waals surface area contributed by atoms with Gasteiger partial charge in [0.1, 0.15) is 0 Å². The maximum atomic E-state index is 11.0. The van der Waals surface area contributed by atoms with Crippen LogP contribution in [0.4, 0.5) is 5.69 Å². The van der Waals surface area contributed by atoms with Crippen molar-refractivity contribution in [3.05, 3.63) is 28.7 Å². The largest absolute Gasteiger partial charge is 0.481 e. The molecule has 1 heterocycles. The van der Waals surface area contributed by atoms with E-state index >= 15 is 0 Å². The Labute approximate surface area is 122 Å². The number of carboxylic acids is 1. The molecule has 1 aromatic rings. The van der Waals surface area contributed by atoms with E-state index in [0.29, 0.717) is 6.04 Å². The topological polar surface area (TPSA) is 43.8 Å². The predicted molar refractivity (Wildman–Crippen MR) is 79.6 cm³/mol. The fraction of sp³-hybridized carbons (Fsp3) is 0.500. The van der Waals surface area contributed by atoms with Crippen LogP contribution < -0.4 is 4.90 Å². The van der Waals surface area contributed by atoms with Crippen molar-refractivity contribution in [1.82, 2.24) is 4.90 Å². The average Bonchev–Trinajstić information content (AvgIpc) is 2.34. The molecule has 2 unspecified atom stereocenters. The number of anilines is 1. The van der Waals surface area contributed by atoms with E-state index in [-0.39, 0.29) is 12.5 Å². The summed E-state index contributed by atoms with van der Waals surface area (Å²) in [7, 11) is 2.05. The summed E-state index contributed by atoms with van der Waals surface area (Å²) in [4.78, 5) is 15.5. The molecule has 1 aliphatic rings. The van der Waals surface area contributed by atoms with Crippen molar-refractivity contribution in [2.24, 2.45) is 0 Å². The maximum absolute atomic E-state index is 11.0. The third kappa shape index (κ3) is 3.48. The molecule has 1 N–H and O–H groups in total. The fourth-order valence-corrected chi connectivity index (χ4v) is 2.77. The van der Waals surface area contributed by atoms with E-state index in [0.717, 1.165) is 23.2 Å². The molecule has 0 radical (unpaired) electrons. The summed E-state index contributed by atoms with van der Waals surface area (Å²) in [5.41, 5.74) is 1.09. The lowest BCUT2D eigenvalue weighted by molar-refractivity contribution is -0.137. The van der Waals surface area contributed by atoms with Gasteiger partial charge in [0.2, 0.25) is 0 Å². The molecule has 1 aromatic carbocycles.